The first kappa shape index (κ1) is 18.1. The van der Waals surface area contributed by atoms with Crippen LogP contribution < -0.4 is 9.47 Å². The van der Waals surface area contributed by atoms with Gasteiger partial charge in [0.1, 0.15) is 17.3 Å². The number of rotatable bonds is 5. The summed E-state index contributed by atoms with van der Waals surface area (Å²) in [6.45, 7) is 1.94. The Bertz CT molecular complexity index is 839. The van der Waals surface area contributed by atoms with Crippen LogP contribution in [0.25, 0.3) is 6.08 Å². The van der Waals surface area contributed by atoms with Crippen LogP contribution in [-0.4, -0.2) is 31.7 Å². The number of piperidine rings is 1. The number of methoxy groups -OCH3 is 2. The first-order chi connectivity index (χ1) is 13.2. The summed E-state index contributed by atoms with van der Waals surface area (Å²) in [7, 11) is 3.36. The lowest BCUT2D eigenvalue weighted by Gasteiger charge is -2.37. The van der Waals surface area contributed by atoms with Crippen molar-refractivity contribution in [3.05, 3.63) is 64.5 Å². The molecule has 1 aliphatic heterocycles. The third-order valence-corrected chi connectivity index (χ3v) is 5.68. The summed E-state index contributed by atoms with van der Waals surface area (Å²) >= 11 is 0. The largest absolute Gasteiger partial charge is 0.497 e. The molecule has 1 atom stereocenters. The molecule has 0 amide bonds. The number of benzene rings is 2. The summed E-state index contributed by atoms with van der Waals surface area (Å²) in [4.78, 5) is 2.55. The highest BCUT2D eigenvalue weighted by Gasteiger charge is 2.28. The second kappa shape index (κ2) is 7.73. The van der Waals surface area contributed by atoms with E-state index in [9.17, 15) is 4.39 Å². The summed E-state index contributed by atoms with van der Waals surface area (Å²) in [5.74, 6) is 1.48. The first-order valence-electron chi connectivity index (χ1n) is 9.61. The Kier molecular flexibility index (Phi) is 5.17. The highest BCUT2D eigenvalue weighted by atomic mass is 19.1. The highest BCUT2D eigenvalue weighted by Crippen LogP contribution is 2.34. The van der Waals surface area contributed by atoms with E-state index >= 15 is 0 Å². The number of nitrogens with zero attached hydrogens (tertiary/aromatic N) is 1. The van der Waals surface area contributed by atoms with Gasteiger partial charge in [0.05, 0.1) is 14.2 Å². The molecule has 27 heavy (non-hydrogen) atoms. The summed E-state index contributed by atoms with van der Waals surface area (Å²) in [6, 6.07) is 11.6. The Labute approximate surface area is 160 Å². The van der Waals surface area contributed by atoms with Crippen molar-refractivity contribution in [3.63, 3.8) is 0 Å². The van der Waals surface area contributed by atoms with Gasteiger partial charge < -0.3 is 9.47 Å². The Morgan fingerprint density at radius 1 is 1.04 bits per heavy atom. The fourth-order valence-electron chi connectivity index (χ4n) is 4.34. The van der Waals surface area contributed by atoms with Crippen molar-refractivity contribution in [2.75, 3.05) is 20.8 Å². The summed E-state index contributed by atoms with van der Waals surface area (Å²) in [5, 5.41) is 0. The third kappa shape index (κ3) is 3.86. The Morgan fingerprint density at radius 2 is 1.81 bits per heavy atom. The molecule has 0 aromatic heterocycles. The number of likely N-dealkylation sites (tertiary alicyclic amines) is 1. The molecule has 1 unspecified atom stereocenters. The quantitative estimate of drug-likeness (QED) is 0.755. The van der Waals surface area contributed by atoms with Crippen LogP contribution in [0.15, 0.2) is 42.0 Å². The molecule has 1 saturated heterocycles. The van der Waals surface area contributed by atoms with E-state index in [1.165, 1.54) is 29.5 Å². The van der Waals surface area contributed by atoms with E-state index in [2.05, 4.69) is 23.1 Å². The predicted molar refractivity (Wildman–Crippen MR) is 106 cm³/mol. The van der Waals surface area contributed by atoms with Gasteiger partial charge in [-0.25, -0.2) is 4.39 Å². The molecule has 0 N–H and O–H groups in total. The maximum absolute atomic E-state index is 13.6. The summed E-state index contributed by atoms with van der Waals surface area (Å²) < 4.78 is 24.4. The van der Waals surface area contributed by atoms with E-state index in [-0.39, 0.29) is 5.82 Å². The van der Waals surface area contributed by atoms with Crippen molar-refractivity contribution in [2.24, 2.45) is 0 Å². The van der Waals surface area contributed by atoms with Crippen LogP contribution >= 0.6 is 0 Å². The molecule has 1 heterocycles. The predicted octanol–water partition coefficient (Wildman–Crippen LogP) is 4.84. The van der Waals surface area contributed by atoms with Gasteiger partial charge in [-0.1, -0.05) is 18.6 Å². The molecule has 0 saturated carbocycles. The van der Waals surface area contributed by atoms with Gasteiger partial charge in [0.15, 0.2) is 0 Å². The summed E-state index contributed by atoms with van der Waals surface area (Å²) in [5.41, 5.74) is 4.88. The Morgan fingerprint density at radius 3 is 2.56 bits per heavy atom. The van der Waals surface area contributed by atoms with Crippen LogP contribution in [0.3, 0.4) is 0 Å². The summed E-state index contributed by atoms with van der Waals surface area (Å²) in [6.07, 6.45) is 6.74. The zero-order valence-electron chi connectivity index (χ0n) is 16.0. The van der Waals surface area contributed by atoms with Crippen LogP contribution in [0.4, 0.5) is 4.39 Å². The molecule has 2 aromatic rings. The molecule has 1 aliphatic carbocycles. The van der Waals surface area contributed by atoms with Crippen LogP contribution in [0.2, 0.25) is 0 Å². The molecule has 142 valence electrons. The van der Waals surface area contributed by atoms with Crippen LogP contribution in [-0.2, 0) is 13.0 Å². The lowest BCUT2D eigenvalue weighted by atomic mass is 9.93. The average Bonchev–Trinajstić information content (AvgIpc) is 3.11. The molecule has 3 nitrogen and oxygen atoms in total. The van der Waals surface area contributed by atoms with E-state index in [0.717, 1.165) is 43.0 Å². The fourth-order valence-corrected chi connectivity index (χ4v) is 4.34. The van der Waals surface area contributed by atoms with Gasteiger partial charge in [-0.05, 0) is 72.3 Å². The van der Waals surface area contributed by atoms with Gasteiger partial charge in [-0.3, -0.25) is 4.90 Å². The second-order valence-corrected chi connectivity index (χ2v) is 7.44. The smallest absolute Gasteiger partial charge is 0.123 e. The Balaban J connectivity index is 1.56. The average molecular weight is 367 g/mol. The number of ether oxygens (including phenoxy) is 2. The SMILES string of the molecule is COc1cc(CN2CCCCC2C2=Cc3cc(F)ccc3C2)cc(OC)c1. The standard InChI is InChI=1S/C23H26FNO2/c1-26-21-9-16(10-22(14-21)27-2)15-25-8-4-3-5-23(25)19-11-17-6-7-20(24)13-18(17)12-19/h6-7,9-10,12-14,23H,3-5,8,11,15H2,1-2H3. The van der Waals surface area contributed by atoms with E-state index < -0.39 is 0 Å². The first-order valence-corrected chi connectivity index (χ1v) is 9.61. The minimum absolute atomic E-state index is 0.157. The molecular formula is C23H26FNO2. The maximum Gasteiger partial charge on any atom is 0.123 e. The second-order valence-electron chi connectivity index (χ2n) is 7.44. The zero-order chi connectivity index (χ0) is 18.8. The monoisotopic (exact) mass is 367 g/mol. The topological polar surface area (TPSA) is 21.7 Å². The lowest BCUT2D eigenvalue weighted by molar-refractivity contribution is 0.163. The van der Waals surface area contributed by atoms with E-state index in [0.29, 0.717) is 6.04 Å². The number of hydrogen-bond donors (Lipinski definition) is 0. The van der Waals surface area contributed by atoms with Gasteiger partial charge in [0, 0.05) is 18.7 Å². The van der Waals surface area contributed by atoms with Crippen molar-refractivity contribution >= 4 is 6.08 Å². The molecule has 4 heteroatoms. The minimum Gasteiger partial charge on any atom is -0.497 e. The van der Waals surface area contributed by atoms with Gasteiger partial charge >= 0.3 is 0 Å². The molecule has 1 fully saturated rings. The zero-order valence-corrected chi connectivity index (χ0v) is 16.0. The normalized spacial score (nSPS) is 19.5. The van der Waals surface area contributed by atoms with Crippen LogP contribution in [0, 0.1) is 5.82 Å². The maximum atomic E-state index is 13.6. The van der Waals surface area contributed by atoms with Crippen molar-refractivity contribution in [1.82, 2.24) is 4.90 Å². The molecular weight excluding hydrogens is 341 g/mol. The van der Waals surface area contributed by atoms with Crippen molar-refractivity contribution in [1.29, 1.82) is 0 Å². The lowest BCUT2D eigenvalue weighted by Crippen LogP contribution is -2.40. The molecule has 0 spiro atoms. The highest BCUT2D eigenvalue weighted by molar-refractivity contribution is 5.65. The Hall–Kier alpha value is -2.33. The number of fused-ring (bicyclic) bond motifs is 1. The number of halogens is 1. The van der Waals surface area contributed by atoms with Crippen LogP contribution in [0.5, 0.6) is 11.5 Å². The van der Waals surface area contributed by atoms with Gasteiger partial charge in [0.25, 0.3) is 0 Å². The molecule has 2 aliphatic rings. The van der Waals surface area contributed by atoms with Gasteiger partial charge in [0.2, 0.25) is 0 Å². The van der Waals surface area contributed by atoms with Crippen LogP contribution in [0.1, 0.15) is 36.0 Å². The molecule has 0 radical (unpaired) electrons. The minimum atomic E-state index is -0.157. The van der Waals surface area contributed by atoms with Crippen molar-refractivity contribution < 1.29 is 13.9 Å². The molecule has 2 aromatic carbocycles. The third-order valence-electron chi connectivity index (χ3n) is 5.68. The van der Waals surface area contributed by atoms with Crippen molar-refractivity contribution in [2.45, 2.75) is 38.3 Å². The van der Waals surface area contributed by atoms with E-state index in [4.69, 9.17) is 9.47 Å². The van der Waals surface area contributed by atoms with Gasteiger partial charge in [-0.2, -0.15) is 0 Å². The van der Waals surface area contributed by atoms with E-state index in [1.807, 2.05) is 12.1 Å². The molecule has 0 bridgehead atoms. The fraction of sp³-hybridized carbons (Fsp3) is 0.391. The molecule has 4 rings (SSSR count). The van der Waals surface area contributed by atoms with Crippen molar-refractivity contribution in [3.8, 4) is 11.5 Å². The van der Waals surface area contributed by atoms with Gasteiger partial charge in [-0.15, -0.1) is 0 Å². The van der Waals surface area contributed by atoms with E-state index in [1.54, 1.807) is 26.4 Å². The number of hydrogen-bond acceptors (Lipinski definition) is 3.